The molecule has 0 amide bonds. The van der Waals surface area contributed by atoms with Crippen LogP contribution in [0.15, 0.2) is 0 Å². The summed E-state index contributed by atoms with van der Waals surface area (Å²) in [5.41, 5.74) is 0.522. The first-order chi connectivity index (χ1) is 8.12. The third kappa shape index (κ3) is 3.64. The van der Waals surface area contributed by atoms with Crippen LogP contribution in [0.25, 0.3) is 0 Å². The maximum absolute atomic E-state index is 3.98. The van der Waals surface area contributed by atoms with E-state index in [-0.39, 0.29) is 0 Å². The topological polar surface area (TPSA) is 12.0 Å². The fourth-order valence-corrected chi connectivity index (χ4v) is 4.30. The molecule has 0 aromatic rings. The summed E-state index contributed by atoms with van der Waals surface area (Å²) in [6, 6.07) is 1.58. The standard InChI is InChI=1S/C15H29NS/c1-15(2)11-5-4-6-14(15)16-12-7-9-13(17-3)10-8-12/h12-14,16H,4-11H2,1-3H3. The largest absolute Gasteiger partial charge is 0.311 e. The summed E-state index contributed by atoms with van der Waals surface area (Å²) < 4.78 is 0. The van der Waals surface area contributed by atoms with E-state index in [4.69, 9.17) is 0 Å². The number of hydrogen-bond donors (Lipinski definition) is 1. The van der Waals surface area contributed by atoms with Gasteiger partial charge in [0.15, 0.2) is 0 Å². The molecule has 17 heavy (non-hydrogen) atoms. The van der Waals surface area contributed by atoms with Gasteiger partial charge in [-0.3, -0.25) is 0 Å². The van der Waals surface area contributed by atoms with Crippen molar-refractivity contribution in [1.82, 2.24) is 5.32 Å². The van der Waals surface area contributed by atoms with Crippen LogP contribution < -0.4 is 5.32 Å². The molecular weight excluding hydrogens is 226 g/mol. The Morgan fingerprint density at radius 3 is 2.29 bits per heavy atom. The zero-order valence-electron chi connectivity index (χ0n) is 11.8. The van der Waals surface area contributed by atoms with Gasteiger partial charge in [0, 0.05) is 17.3 Å². The first-order valence-electron chi connectivity index (χ1n) is 7.40. The van der Waals surface area contributed by atoms with Crippen LogP contribution in [0, 0.1) is 5.41 Å². The third-order valence-electron chi connectivity index (χ3n) is 4.95. The van der Waals surface area contributed by atoms with Gasteiger partial charge in [0.2, 0.25) is 0 Å². The summed E-state index contributed by atoms with van der Waals surface area (Å²) in [5, 5.41) is 4.92. The molecule has 1 atom stereocenters. The Morgan fingerprint density at radius 1 is 1.00 bits per heavy atom. The number of rotatable bonds is 3. The van der Waals surface area contributed by atoms with Crippen molar-refractivity contribution in [3.63, 3.8) is 0 Å². The highest BCUT2D eigenvalue weighted by Crippen LogP contribution is 2.37. The summed E-state index contributed by atoms with van der Waals surface area (Å²) >= 11 is 2.07. The van der Waals surface area contributed by atoms with Crippen molar-refractivity contribution in [3.8, 4) is 0 Å². The Hall–Kier alpha value is 0.310. The van der Waals surface area contributed by atoms with Gasteiger partial charge in [0.1, 0.15) is 0 Å². The van der Waals surface area contributed by atoms with Crippen LogP contribution in [0.1, 0.15) is 65.2 Å². The highest BCUT2D eigenvalue weighted by Gasteiger charge is 2.34. The molecule has 0 bridgehead atoms. The molecule has 2 heteroatoms. The molecule has 0 radical (unpaired) electrons. The summed E-state index contributed by atoms with van der Waals surface area (Å²) in [5.74, 6) is 0. The van der Waals surface area contributed by atoms with Gasteiger partial charge in [0.25, 0.3) is 0 Å². The average molecular weight is 255 g/mol. The molecule has 2 fully saturated rings. The van der Waals surface area contributed by atoms with E-state index >= 15 is 0 Å². The van der Waals surface area contributed by atoms with E-state index in [0.717, 1.165) is 17.3 Å². The van der Waals surface area contributed by atoms with Gasteiger partial charge in [-0.25, -0.2) is 0 Å². The van der Waals surface area contributed by atoms with Crippen LogP contribution in [0.5, 0.6) is 0 Å². The Bertz CT molecular complexity index is 231. The molecule has 2 aliphatic rings. The van der Waals surface area contributed by atoms with Gasteiger partial charge >= 0.3 is 0 Å². The van der Waals surface area contributed by atoms with Crippen molar-refractivity contribution < 1.29 is 0 Å². The van der Waals surface area contributed by atoms with E-state index in [1.54, 1.807) is 0 Å². The van der Waals surface area contributed by atoms with E-state index in [1.165, 1.54) is 51.4 Å². The van der Waals surface area contributed by atoms with E-state index in [9.17, 15) is 0 Å². The molecule has 2 aliphatic carbocycles. The highest BCUT2D eigenvalue weighted by molar-refractivity contribution is 7.99. The van der Waals surface area contributed by atoms with Crippen LogP contribution >= 0.6 is 11.8 Å². The van der Waals surface area contributed by atoms with E-state index in [2.05, 4.69) is 37.2 Å². The smallest absolute Gasteiger partial charge is 0.0121 e. The van der Waals surface area contributed by atoms with Crippen LogP contribution in [0.4, 0.5) is 0 Å². The van der Waals surface area contributed by atoms with E-state index in [0.29, 0.717) is 5.41 Å². The molecule has 0 aliphatic heterocycles. The van der Waals surface area contributed by atoms with Crippen molar-refractivity contribution in [2.24, 2.45) is 5.41 Å². The fourth-order valence-electron chi connectivity index (χ4n) is 3.55. The van der Waals surface area contributed by atoms with Crippen LogP contribution in [-0.2, 0) is 0 Å². The van der Waals surface area contributed by atoms with Gasteiger partial charge in [-0.2, -0.15) is 11.8 Å². The first-order valence-corrected chi connectivity index (χ1v) is 8.69. The zero-order chi connectivity index (χ0) is 12.3. The second-order valence-electron chi connectivity index (χ2n) is 6.66. The second kappa shape index (κ2) is 5.97. The third-order valence-corrected chi connectivity index (χ3v) is 6.09. The SMILES string of the molecule is CSC1CCC(NC2CCCCC2(C)C)CC1. The lowest BCUT2D eigenvalue weighted by Gasteiger charge is -2.42. The summed E-state index contributed by atoms with van der Waals surface area (Å²) in [6.07, 6.45) is 13.6. The van der Waals surface area contributed by atoms with Gasteiger partial charge in [-0.15, -0.1) is 0 Å². The molecule has 100 valence electrons. The Labute approximate surface area is 112 Å². The van der Waals surface area contributed by atoms with Gasteiger partial charge < -0.3 is 5.32 Å². The molecule has 0 aromatic heterocycles. The van der Waals surface area contributed by atoms with Crippen molar-refractivity contribution in [1.29, 1.82) is 0 Å². The van der Waals surface area contributed by atoms with Crippen molar-refractivity contribution in [2.45, 2.75) is 82.5 Å². The molecule has 2 rings (SSSR count). The monoisotopic (exact) mass is 255 g/mol. The molecule has 2 saturated carbocycles. The molecule has 0 heterocycles. The minimum Gasteiger partial charge on any atom is -0.311 e. The predicted molar refractivity (Wildman–Crippen MR) is 78.7 cm³/mol. The molecule has 1 unspecified atom stereocenters. The van der Waals surface area contributed by atoms with Crippen LogP contribution in [0.2, 0.25) is 0 Å². The number of hydrogen-bond acceptors (Lipinski definition) is 2. The fraction of sp³-hybridized carbons (Fsp3) is 1.00. The maximum Gasteiger partial charge on any atom is 0.0121 e. The number of nitrogens with one attached hydrogen (secondary N) is 1. The molecule has 1 N–H and O–H groups in total. The van der Waals surface area contributed by atoms with E-state index < -0.39 is 0 Å². The molecule has 0 aromatic carbocycles. The van der Waals surface area contributed by atoms with Gasteiger partial charge in [-0.1, -0.05) is 26.7 Å². The lowest BCUT2D eigenvalue weighted by molar-refractivity contribution is 0.146. The molecule has 0 spiro atoms. The van der Waals surface area contributed by atoms with E-state index in [1.807, 2.05) is 0 Å². The Morgan fingerprint density at radius 2 is 1.71 bits per heavy atom. The quantitative estimate of drug-likeness (QED) is 0.810. The number of thioether (sulfide) groups is 1. The van der Waals surface area contributed by atoms with Gasteiger partial charge in [0.05, 0.1) is 0 Å². The van der Waals surface area contributed by atoms with Crippen molar-refractivity contribution in [3.05, 3.63) is 0 Å². The zero-order valence-corrected chi connectivity index (χ0v) is 12.6. The lowest BCUT2D eigenvalue weighted by atomic mass is 9.72. The molecule has 1 nitrogen and oxygen atoms in total. The molecular formula is C15H29NS. The van der Waals surface area contributed by atoms with Crippen molar-refractivity contribution >= 4 is 11.8 Å². The summed E-state index contributed by atoms with van der Waals surface area (Å²) in [7, 11) is 0. The van der Waals surface area contributed by atoms with Crippen molar-refractivity contribution in [2.75, 3.05) is 6.26 Å². The lowest BCUT2D eigenvalue weighted by Crippen LogP contribution is -2.49. The Balaban J connectivity index is 1.80. The summed E-state index contributed by atoms with van der Waals surface area (Å²) in [4.78, 5) is 0. The average Bonchev–Trinajstić information content (AvgIpc) is 2.33. The normalized spacial score (nSPS) is 37.9. The maximum atomic E-state index is 3.98. The van der Waals surface area contributed by atoms with Crippen LogP contribution in [0.3, 0.4) is 0 Å². The first kappa shape index (κ1) is 13.7. The second-order valence-corrected chi connectivity index (χ2v) is 7.80. The van der Waals surface area contributed by atoms with Gasteiger partial charge in [-0.05, 0) is 50.2 Å². The van der Waals surface area contributed by atoms with Crippen LogP contribution in [-0.4, -0.2) is 23.6 Å². The predicted octanol–water partition coefficient (Wildman–Crippen LogP) is 4.22. The molecule has 0 saturated heterocycles. The summed E-state index contributed by atoms with van der Waals surface area (Å²) in [6.45, 7) is 4.91. The minimum atomic E-state index is 0.522. The Kier molecular flexibility index (Phi) is 4.82. The highest BCUT2D eigenvalue weighted by atomic mass is 32.2. The minimum absolute atomic E-state index is 0.522.